The second-order valence-electron chi connectivity index (χ2n) is 4.39. The van der Waals surface area contributed by atoms with Crippen LogP contribution in [0, 0.1) is 11.3 Å². The molecule has 0 aliphatic heterocycles. The Hall–Kier alpha value is -2.28. The molecule has 1 aromatic rings. The van der Waals surface area contributed by atoms with E-state index in [0.717, 1.165) is 6.42 Å². The molecule has 20 heavy (non-hydrogen) atoms. The van der Waals surface area contributed by atoms with Crippen LogP contribution in [0.3, 0.4) is 0 Å². The van der Waals surface area contributed by atoms with Gasteiger partial charge in [0.2, 0.25) is 0 Å². The van der Waals surface area contributed by atoms with Gasteiger partial charge in [-0.05, 0) is 31.9 Å². The Bertz CT molecular complexity index is 515. The number of carbonyl (C=O) groups is 1. The molecule has 0 bridgehead atoms. The van der Waals surface area contributed by atoms with Crippen LogP contribution in [-0.4, -0.2) is 12.5 Å². The Balaban J connectivity index is 2.57. The summed E-state index contributed by atoms with van der Waals surface area (Å²) in [6.45, 7) is 4.29. The zero-order chi connectivity index (χ0) is 14.8. The van der Waals surface area contributed by atoms with E-state index in [1.165, 1.54) is 0 Å². The lowest BCUT2D eigenvalue weighted by Crippen LogP contribution is -2.12. The van der Waals surface area contributed by atoms with Gasteiger partial charge in [-0.2, -0.15) is 5.26 Å². The van der Waals surface area contributed by atoms with Crippen molar-refractivity contribution in [2.75, 3.05) is 11.9 Å². The van der Waals surface area contributed by atoms with Crippen molar-refractivity contribution < 1.29 is 9.53 Å². The summed E-state index contributed by atoms with van der Waals surface area (Å²) < 4.78 is 5.52. The number of ether oxygens (including phenoxy) is 1. The first-order valence-electron chi connectivity index (χ1n) is 6.75. The highest BCUT2D eigenvalue weighted by atomic mass is 16.5. The van der Waals surface area contributed by atoms with Crippen LogP contribution in [-0.2, 0) is 4.79 Å². The van der Waals surface area contributed by atoms with Crippen LogP contribution in [0.15, 0.2) is 35.9 Å². The van der Waals surface area contributed by atoms with Gasteiger partial charge in [0.1, 0.15) is 5.75 Å². The van der Waals surface area contributed by atoms with Crippen LogP contribution >= 0.6 is 0 Å². The first-order valence-corrected chi connectivity index (χ1v) is 6.75. The predicted molar refractivity (Wildman–Crippen MR) is 79.5 cm³/mol. The van der Waals surface area contributed by atoms with Gasteiger partial charge in [-0.3, -0.25) is 4.79 Å². The van der Waals surface area contributed by atoms with Gasteiger partial charge in [-0.25, -0.2) is 0 Å². The molecule has 0 spiro atoms. The summed E-state index contributed by atoms with van der Waals surface area (Å²) >= 11 is 0. The molecule has 0 radical (unpaired) electrons. The van der Waals surface area contributed by atoms with Crippen LogP contribution in [0.5, 0.6) is 5.75 Å². The molecule has 1 aromatic carbocycles. The molecule has 0 heterocycles. The minimum Gasteiger partial charge on any atom is -0.493 e. The van der Waals surface area contributed by atoms with Crippen LogP contribution in [0.1, 0.15) is 33.1 Å². The molecule has 0 saturated carbocycles. The first-order chi connectivity index (χ1) is 9.67. The van der Waals surface area contributed by atoms with E-state index in [0.29, 0.717) is 36.5 Å². The number of unbranched alkanes of at least 4 members (excludes halogenated alkanes) is 1. The Labute approximate surface area is 120 Å². The number of nitriles is 1. The number of nitrogens with zero attached hydrogens (tertiary/aromatic N) is 1. The molecule has 0 unspecified atom stereocenters. The fourth-order valence-corrected chi connectivity index (χ4v) is 1.63. The molecule has 106 valence electrons. The standard InChI is InChI=1S/C16H20N2O2/c1-3-7-13(2)16(19)18-14-8-6-9-15(12-14)20-11-5-4-10-17/h6-9,12H,3-5,11H2,1-2H3,(H,18,19)/b13-7-. The summed E-state index contributed by atoms with van der Waals surface area (Å²) in [5, 5.41) is 11.3. The van der Waals surface area contributed by atoms with Gasteiger partial charge in [0.25, 0.3) is 5.91 Å². The van der Waals surface area contributed by atoms with Gasteiger partial charge >= 0.3 is 0 Å². The third-order valence-electron chi connectivity index (χ3n) is 2.66. The van der Waals surface area contributed by atoms with Gasteiger partial charge in [-0.1, -0.05) is 19.1 Å². The van der Waals surface area contributed by atoms with Gasteiger partial charge < -0.3 is 10.1 Å². The van der Waals surface area contributed by atoms with Crippen molar-refractivity contribution in [3.63, 3.8) is 0 Å². The average molecular weight is 272 g/mol. The maximum Gasteiger partial charge on any atom is 0.250 e. The second-order valence-corrected chi connectivity index (χ2v) is 4.39. The van der Waals surface area contributed by atoms with Crippen LogP contribution in [0.25, 0.3) is 0 Å². The lowest BCUT2D eigenvalue weighted by atomic mass is 10.2. The third-order valence-corrected chi connectivity index (χ3v) is 2.66. The highest BCUT2D eigenvalue weighted by molar-refractivity contribution is 6.03. The summed E-state index contributed by atoms with van der Waals surface area (Å²) in [5.41, 5.74) is 1.41. The molecular formula is C16H20N2O2. The topological polar surface area (TPSA) is 62.1 Å². The van der Waals surface area contributed by atoms with E-state index in [-0.39, 0.29) is 5.91 Å². The van der Waals surface area contributed by atoms with E-state index in [2.05, 4.69) is 11.4 Å². The quantitative estimate of drug-likeness (QED) is 0.608. The van der Waals surface area contributed by atoms with Crippen molar-refractivity contribution in [3.05, 3.63) is 35.9 Å². The van der Waals surface area contributed by atoms with Gasteiger partial charge in [0.05, 0.1) is 12.7 Å². The lowest BCUT2D eigenvalue weighted by Gasteiger charge is -2.09. The number of nitrogens with one attached hydrogen (secondary N) is 1. The van der Waals surface area contributed by atoms with Crippen molar-refractivity contribution in [1.29, 1.82) is 5.26 Å². The molecule has 4 nitrogen and oxygen atoms in total. The molecule has 0 fully saturated rings. The van der Waals surface area contributed by atoms with E-state index >= 15 is 0 Å². The minimum atomic E-state index is -0.103. The Morgan fingerprint density at radius 2 is 2.30 bits per heavy atom. The van der Waals surface area contributed by atoms with Crippen LogP contribution in [0.4, 0.5) is 5.69 Å². The number of carbonyl (C=O) groups excluding carboxylic acids is 1. The zero-order valence-corrected chi connectivity index (χ0v) is 12.0. The summed E-state index contributed by atoms with van der Waals surface area (Å²) in [7, 11) is 0. The molecule has 1 N–H and O–H groups in total. The maximum atomic E-state index is 11.9. The average Bonchev–Trinajstić information content (AvgIpc) is 2.44. The van der Waals surface area contributed by atoms with E-state index in [9.17, 15) is 4.79 Å². The molecular weight excluding hydrogens is 252 g/mol. The number of hydrogen-bond donors (Lipinski definition) is 1. The Morgan fingerprint density at radius 3 is 3.00 bits per heavy atom. The van der Waals surface area contributed by atoms with Gasteiger partial charge in [0, 0.05) is 23.7 Å². The molecule has 0 atom stereocenters. The van der Waals surface area contributed by atoms with Gasteiger partial charge in [0.15, 0.2) is 0 Å². The van der Waals surface area contributed by atoms with Crippen LogP contribution in [0.2, 0.25) is 0 Å². The normalized spacial score (nSPS) is 10.8. The second kappa shape index (κ2) is 8.76. The molecule has 4 heteroatoms. The van der Waals surface area contributed by atoms with E-state index in [1.807, 2.05) is 31.2 Å². The van der Waals surface area contributed by atoms with E-state index in [1.54, 1.807) is 13.0 Å². The van der Waals surface area contributed by atoms with Crippen molar-refractivity contribution >= 4 is 11.6 Å². The predicted octanol–water partition coefficient (Wildman–Crippen LogP) is 3.66. The fraction of sp³-hybridized carbons (Fsp3) is 0.375. The van der Waals surface area contributed by atoms with Crippen molar-refractivity contribution in [2.24, 2.45) is 0 Å². The van der Waals surface area contributed by atoms with Crippen molar-refractivity contribution in [2.45, 2.75) is 33.1 Å². The third kappa shape index (κ3) is 5.57. The highest BCUT2D eigenvalue weighted by Gasteiger charge is 2.05. The van der Waals surface area contributed by atoms with Crippen LogP contribution < -0.4 is 10.1 Å². The Kier molecular flexibility index (Phi) is 6.91. The smallest absolute Gasteiger partial charge is 0.250 e. The van der Waals surface area contributed by atoms with Gasteiger partial charge in [-0.15, -0.1) is 0 Å². The number of allylic oxidation sites excluding steroid dienone is 1. The SMILES string of the molecule is CC/C=C(/C)C(=O)Nc1cccc(OCCCC#N)c1. The van der Waals surface area contributed by atoms with Crippen molar-refractivity contribution in [3.8, 4) is 11.8 Å². The number of rotatable bonds is 7. The molecule has 0 saturated heterocycles. The molecule has 0 aliphatic carbocycles. The molecule has 0 aliphatic rings. The summed E-state index contributed by atoms with van der Waals surface area (Å²) in [5.74, 6) is 0.589. The van der Waals surface area contributed by atoms with Crippen molar-refractivity contribution in [1.82, 2.24) is 0 Å². The molecule has 1 amide bonds. The summed E-state index contributed by atoms with van der Waals surface area (Å²) in [6, 6.07) is 9.33. The largest absolute Gasteiger partial charge is 0.493 e. The lowest BCUT2D eigenvalue weighted by molar-refractivity contribution is -0.112. The number of anilines is 1. The van der Waals surface area contributed by atoms with E-state index in [4.69, 9.17) is 10.00 Å². The summed E-state index contributed by atoms with van der Waals surface area (Å²) in [4.78, 5) is 11.9. The summed E-state index contributed by atoms with van der Waals surface area (Å²) in [6.07, 6.45) is 3.90. The number of hydrogen-bond acceptors (Lipinski definition) is 3. The maximum absolute atomic E-state index is 11.9. The molecule has 1 rings (SSSR count). The monoisotopic (exact) mass is 272 g/mol. The highest BCUT2D eigenvalue weighted by Crippen LogP contribution is 2.18. The minimum absolute atomic E-state index is 0.103. The zero-order valence-electron chi connectivity index (χ0n) is 12.0. The molecule has 0 aromatic heterocycles. The first kappa shape index (κ1) is 15.8. The number of benzene rings is 1. The Morgan fingerprint density at radius 1 is 1.50 bits per heavy atom. The fourth-order valence-electron chi connectivity index (χ4n) is 1.63. The van der Waals surface area contributed by atoms with E-state index < -0.39 is 0 Å². The number of amides is 1.